The predicted molar refractivity (Wildman–Crippen MR) is 96.8 cm³/mol. The molecule has 24 heavy (non-hydrogen) atoms. The van der Waals surface area contributed by atoms with Crippen molar-refractivity contribution in [2.24, 2.45) is 0 Å². The fraction of sp³-hybridized carbons (Fsp3) is 0.333. The number of ether oxygens (including phenoxy) is 2. The van der Waals surface area contributed by atoms with Gasteiger partial charge in [0.1, 0.15) is 17.4 Å². The molecule has 0 aliphatic carbocycles. The van der Waals surface area contributed by atoms with Crippen LogP contribution in [0.15, 0.2) is 47.6 Å². The van der Waals surface area contributed by atoms with Crippen LogP contribution in [0.4, 0.5) is 0 Å². The van der Waals surface area contributed by atoms with Crippen LogP contribution < -0.4 is 4.74 Å². The minimum absolute atomic E-state index is 0.503. The Morgan fingerprint density at radius 3 is 2.58 bits per heavy atom. The summed E-state index contributed by atoms with van der Waals surface area (Å²) in [6.45, 7) is 5.44. The maximum absolute atomic E-state index is 5.58. The van der Waals surface area contributed by atoms with Crippen molar-refractivity contribution in [2.45, 2.75) is 24.1 Å². The normalized spacial score (nSPS) is 11.3. The molecule has 1 aromatic carbocycles. The van der Waals surface area contributed by atoms with Crippen LogP contribution in [0.25, 0.3) is 16.9 Å². The summed E-state index contributed by atoms with van der Waals surface area (Å²) in [7, 11) is 1.66. The van der Waals surface area contributed by atoms with Crippen LogP contribution in [-0.2, 0) is 4.74 Å². The third-order valence-corrected chi connectivity index (χ3v) is 4.29. The lowest BCUT2D eigenvalue weighted by Gasteiger charge is -2.05. The summed E-state index contributed by atoms with van der Waals surface area (Å²) >= 11 is 1.74. The molecular formula is C18H21N3O2S. The number of thioether (sulfide) groups is 1. The second kappa shape index (κ2) is 7.68. The summed E-state index contributed by atoms with van der Waals surface area (Å²) < 4.78 is 12.4. The molecule has 2 heterocycles. The highest BCUT2D eigenvalue weighted by molar-refractivity contribution is 7.99. The van der Waals surface area contributed by atoms with Crippen LogP contribution in [0, 0.1) is 0 Å². The first-order valence-electron chi connectivity index (χ1n) is 7.91. The lowest BCUT2D eigenvalue weighted by atomic mass is 10.2. The predicted octanol–water partition coefficient (Wildman–Crippen LogP) is 3.92. The summed E-state index contributed by atoms with van der Waals surface area (Å²) in [5.74, 6) is 0.827. The fourth-order valence-corrected chi connectivity index (χ4v) is 3.04. The second-order valence-electron chi connectivity index (χ2n) is 5.63. The Kier molecular flexibility index (Phi) is 5.37. The van der Waals surface area contributed by atoms with Gasteiger partial charge in [0.05, 0.1) is 18.5 Å². The van der Waals surface area contributed by atoms with Crippen LogP contribution in [0.1, 0.15) is 13.8 Å². The minimum Gasteiger partial charge on any atom is -0.491 e. The van der Waals surface area contributed by atoms with Gasteiger partial charge in [-0.05, 0) is 36.4 Å². The Balaban J connectivity index is 1.78. The first-order valence-corrected chi connectivity index (χ1v) is 8.79. The zero-order chi connectivity index (χ0) is 16.9. The van der Waals surface area contributed by atoms with Gasteiger partial charge in [0.25, 0.3) is 0 Å². The average molecular weight is 343 g/mol. The van der Waals surface area contributed by atoms with Crippen LogP contribution in [0.3, 0.4) is 0 Å². The van der Waals surface area contributed by atoms with Crippen LogP contribution in [0.5, 0.6) is 5.75 Å². The molecule has 0 atom stereocenters. The van der Waals surface area contributed by atoms with Crippen molar-refractivity contribution < 1.29 is 9.47 Å². The molecule has 0 fully saturated rings. The molecule has 2 aromatic heterocycles. The smallest absolute Gasteiger partial charge is 0.154 e. The standard InChI is InChI=1S/C18H21N3O2S/c1-13(2)24-18-9-8-17-19-16(12-21(17)20-18)14-4-6-15(7-5-14)23-11-10-22-3/h4-9,12-13H,10-11H2,1-3H3. The Morgan fingerprint density at radius 1 is 1.08 bits per heavy atom. The molecule has 0 amide bonds. The topological polar surface area (TPSA) is 48.7 Å². The molecule has 0 radical (unpaired) electrons. The van der Waals surface area contributed by atoms with Crippen LogP contribution >= 0.6 is 11.8 Å². The molecule has 3 aromatic rings. The van der Waals surface area contributed by atoms with E-state index in [1.807, 2.05) is 47.1 Å². The van der Waals surface area contributed by atoms with Gasteiger partial charge in [-0.1, -0.05) is 13.8 Å². The molecule has 0 saturated carbocycles. The van der Waals surface area contributed by atoms with Crippen molar-refractivity contribution in [3.63, 3.8) is 0 Å². The molecule has 0 aliphatic heterocycles. The molecule has 0 unspecified atom stereocenters. The second-order valence-corrected chi connectivity index (χ2v) is 7.23. The van der Waals surface area contributed by atoms with Gasteiger partial charge < -0.3 is 9.47 Å². The number of imidazole rings is 1. The first kappa shape index (κ1) is 16.8. The van der Waals surface area contributed by atoms with Crippen molar-refractivity contribution in [3.05, 3.63) is 42.6 Å². The Bertz CT molecular complexity index is 800. The number of rotatable bonds is 7. The fourth-order valence-electron chi connectivity index (χ4n) is 2.27. The van der Waals surface area contributed by atoms with Gasteiger partial charge in [-0.25, -0.2) is 9.50 Å². The Labute approximate surface area is 146 Å². The molecule has 0 bridgehead atoms. The molecule has 126 valence electrons. The summed E-state index contributed by atoms with van der Waals surface area (Å²) in [5, 5.41) is 6.11. The summed E-state index contributed by atoms with van der Waals surface area (Å²) in [6.07, 6.45) is 1.96. The van der Waals surface area contributed by atoms with E-state index in [4.69, 9.17) is 9.47 Å². The van der Waals surface area contributed by atoms with Crippen molar-refractivity contribution in [1.82, 2.24) is 14.6 Å². The minimum atomic E-state index is 0.503. The van der Waals surface area contributed by atoms with Crippen molar-refractivity contribution in [3.8, 4) is 17.0 Å². The highest BCUT2D eigenvalue weighted by atomic mass is 32.2. The quantitative estimate of drug-likeness (QED) is 0.481. The van der Waals surface area contributed by atoms with E-state index in [1.165, 1.54) is 0 Å². The first-order chi connectivity index (χ1) is 11.7. The molecule has 0 aliphatic rings. The van der Waals surface area contributed by atoms with Gasteiger partial charge in [0, 0.05) is 17.9 Å². The van der Waals surface area contributed by atoms with E-state index >= 15 is 0 Å². The lowest BCUT2D eigenvalue weighted by Crippen LogP contribution is -2.03. The molecule has 0 spiro atoms. The van der Waals surface area contributed by atoms with Gasteiger partial charge in [0.15, 0.2) is 5.65 Å². The summed E-state index contributed by atoms with van der Waals surface area (Å²) in [4.78, 5) is 4.64. The molecule has 0 saturated heterocycles. The van der Waals surface area contributed by atoms with Crippen molar-refractivity contribution in [1.29, 1.82) is 0 Å². The number of hydrogen-bond donors (Lipinski definition) is 0. The van der Waals surface area contributed by atoms with Crippen molar-refractivity contribution >= 4 is 17.4 Å². The van der Waals surface area contributed by atoms with E-state index in [9.17, 15) is 0 Å². The zero-order valence-corrected chi connectivity index (χ0v) is 14.9. The van der Waals surface area contributed by atoms with Gasteiger partial charge in [0.2, 0.25) is 0 Å². The maximum atomic E-state index is 5.58. The molecule has 0 N–H and O–H groups in total. The molecular weight excluding hydrogens is 322 g/mol. The Morgan fingerprint density at radius 2 is 1.88 bits per heavy atom. The summed E-state index contributed by atoms with van der Waals surface area (Å²) in [5.41, 5.74) is 2.79. The maximum Gasteiger partial charge on any atom is 0.154 e. The third kappa shape index (κ3) is 4.07. The number of benzene rings is 1. The Hall–Kier alpha value is -2.05. The van der Waals surface area contributed by atoms with Crippen molar-refractivity contribution in [2.75, 3.05) is 20.3 Å². The number of nitrogens with zero attached hydrogens (tertiary/aromatic N) is 3. The van der Waals surface area contributed by atoms with Gasteiger partial charge >= 0.3 is 0 Å². The van der Waals surface area contributed by atoms with Crippen LogP contribution in [-0.4, -0.2) is 40.2 Å². The van der Waals surface area contributed by atoms with Crippen LogP contribution in [0.2, 0.25) is 0 Å². The number of fused-ring (bicyclic) bond motifs is 1. The molecule has 3 rings (SSSR count). The number of methoxy groups -OCH3 is 1. The average Bonchev–Trinajstić information content (AvgIpc) is 2.98. The number of aromatic nitrogens is 3. The van der Waals surface area contributed by atoms with Gasteiger partial charge in [-0.15, -0.1) is 11.8 Å². The SMILES string of the molecule is COCCOc1ccc(-c2cn3nc(SC(C)C)ccc3n2)cc1. The van der Waals surface area contributed by atoms with Gasteiger partial charge in [-0.2, -0.15) is 5.10 Å². The van der Waals surface area contributed by atoms with E-state index in [-0.39, 0.29) is 0 Å². The summed E-state index contributed by atoms with van der Waals surface area (Å²) in [6, 6.07) is 11.9. The zero-order valence-electron chi connectivity index (χ0n) is 14.1. The van der Waals surface area contributed by atoms with E-state index in [0.717, 1.165) is 27.7 Å². The van der Waals surface area contributed by atoms with E-state index in [2.05, 4.69) is 23.9 Å². The third-order valence-electron chi connectivity index (χ3n) is 3.36. The monoisotopic (exact) mass is 343 g/mol. The number of hydrogen-bond acceptors (Lipinski definition) is 5. The highest BCUT2D eigenvalue weighted by Crippen LogP contribution is 2.24. The van der Waals surface area contributed by atoms with E-state index in [1.54, 1.807) is 18.9 Å². The highest BCUT2D eigenvalue weighted by Gasteiger charge is 2.07. The van der Waals surface area contributed by atoms with E-state index in [0.29, 0.717) is 18.5 Å². The molecule has 5 nitrogen and oxygen atoms in total. The lowest BCUT2D eigenvalue weighted by molar-refractivity contribution is 0.146. The van der Waals surface area contributed by atoms with E-state index < -0.39 is 0 Å². The molecule has 6 heteroatoms. The van der Waals surface area contributed by atoms with Gasteiger partial charge in [-0.3, -0.25) is 0 Å². The largest absolute Gasteiger partial charge is 0.491 e.